The molecule has 0 saturated heterocycles. The standard InChI is InChI=1S/C15H22N2S/c1-3-7-12(16)14(4-2)18-15-10-11-8-5-6-9-13(11)17-15/h5-6,8-10,12,14,17H,3-4,7,16H2,1-2H3. The van der Waals surface area contributed by atoms with Gasteiger partial charge >= 0.3 is 0 Å². The van der Waals surface area contributed by atoms with Crippen molar-refractivity contribution in [1.29, 1.82) is 0 Å². The fourth-order valence-electron chi connectivity index (χ4n) is 2.27. The molecule has 0 amide bonds. The van der Waals surface area contributed by atoms with Gasteiger partial charge in [-0.25, -0.2) is 0 Å². The lowest BCUT2D eigenvalue weighted by atomic mass is 10.1. The second-order valence-electron chi connectivity index (χ2n) is 4.74. The molecule has 0 spiro atoms. The highest BCUT2D eigenvalue weighted by Gasteiger charge is 2.17. The van der Waals surface area contributed by atoms with E-state index >= 15 is 0 Å². The maximum atomic E-state index is 6.25. The molecule has 1 aromatic carbocycles. The predicted molar refractivity (Wildman–Crippen MR) is 81.1 cm³/mol. The summed E-state index contributed by atoms with van der Waals surface area (Å²) in [6.45, 7) is 4.41. The largest absolute Gasteiger partial charge is 0.350 e. The molecule has 98 valence electrons. The summed E-state index contributed by atoms with van der Waals surface area (Å²) >= 11 is 1.88. The lowest BCUT2D eigenvalue weighted by Crippen LogP contribution is -2.31. The summed E-state index contributed by atoms with van der Waals surface area (Å²) in [4.78, 5) is 3.46. The van der Waals surface area contributed by atoms with Crippen molar-refractivity contribution >= 4 is 22.7 Å². The summed E-state index contributed by atoms with van der Waals surface area (Å²) in [6.07, 6.45) is 3.37. The smallest absolute Gasteiger partial charge is 0.0735 e. The van der Waals surface area contributed by atoms with Gasteiger partial charge in [-0.05, 0) is 25.0 Å². The number of para-hydroxylation sites is 1. The van der Waals surface area contributed by atoms with Crippen molar-refractivity contribution in [3.8, 4) is 0 Å². The van der Waals surface area contributed by atoms with E-state index in [1.54, 1.807) is 0 Å². The number of nitrogens with two attached hydrogens (primary N) is 1. The number of hydrogen-bond donors (Lipinski definition) is 2. The number of aromatic nitrogens is 1. The zero-order valence-electron chi connectivity index (χ0n) is 11.1. The number of nitrogens with one attached hydrogen (secondary N) is 1. The molecule has 0 aliphatic carbocycles. The fourth-order valence-corrected chi connectivity index (χ4v) is 3.43. The average Bonchev–Trinajstić information content (AvgIpc) is 2.78. The third-order valence-electron chi connectivity index (χ3n) is 3.29. The maximum Gasteiger partial charge on any atom is 0.0735 e. The zero-order chi connectivity index (χ0) is 13.0. The summed E-state index contributed by atoms with van der Waals surface area (Å²) < 4.78 is 0. The first-order valence-corrected chi connectivity index (χ1v) is 7.62. The van der Waals surface area contributed by atoms with Gasteiger partial charge < -0.3 is 10.7 Å². The summed E-state index contributed by atoms with van der Waals surface area (Å²) in [7, 11) is 0. The van der Waals surface area contributed by atoms with Crippen molar-refractivity contribution in [2.75, 3.05) is 0 Å². The first kappa shape index (κ1) is 13.5. The number of hydrogen-bond acceptors (Lipinski definition) is 2. The topological polar surface area (TPSA) is 41.8 Å². The van der Waals surface area contributed by atoms with Crippen LogP contribution in [0, 0.1) is 0 Å². The molecule has 3 N–H and O–H groups in total. The molecule has 0 bridgehead atoms. The van der Waals surface area contributed by atoms with Crippen molar-refractivity contribution in [3.63, 3.8) is 0 Å². The van der Waals surface area contributed by atoms with E-state index in [2.05, 4.69) is 49.2 Å². The van der Waals surface area contributed by atoms with Gasteiger partial charge in [0.05, 0.1) is 5.03 Å². The normalized spacial score (nSPS) is 14.8. The molecule has 3 heteroatoms. The quantitative estimate of drug-likeness (QED) is 0.767. The van der Waals surface area contributed by atoms with E-state index in [9.17, 15) is 0 Å². The van der Waals surface area contributed by atoms with Crippen LogP contribution < -0.4 is 5.73 Å². The summed E-state index contributed by atoms with van der Waals surface area (Å²) in [6, 6.07) is 10.9. The first-order chi connectivity index (χ1) is 8.74. The Bertz CT molecular complexity index is 459. The molecule has 2 rings (SSSR count). The molecule has 0 aliphatic rings. The number of benzene rings is 1. The maximum absolute atomic E-state index is 6.25. The second-order valence-corrected chi connectivity index (χ2v) is 6.02. The molecule has 2 atom stereocenters. The molecule has 0 fully saturated rings. The van der Waals surface area contributed by atoms with Gasteiger partial charge in [-0.15, -0.1) is 11.8 Å². The minimum Gasteiger partial charge on any atom is -0.350 e. The third-order valence-corrected chi connectivity index (χ3v) is 4.75. The van der Waals surface area contributed by atoms with E-state index in [1.807, 2.05) is 11.8 Å². The van der Waals surface area contributed by atoms with Crippen molar-refractivity contribution in [2.45, 2.75) is 49.4 Å². The molecule has 2 unspecified atom stereocenters. The van der Waals surface area contributed by atoms with Gasteiger partial charge in [0.25, 0.3) is 0 Å². The van der Waals surface area contributed by atoms with Crippen molar-refractivity contribution < 1.29 is 0 Å². The Morgan fingerprint density at radius 1 is 1.28 bits per heavy atom. The molecule has 18 heavy (non-hydrogen) atoms. The SMILES string of the molecule is CCCC(N)C(CC)Sc1cc2ccccc2[nH]1. The highest BCUT2D eigenvalue weighted by atomic mass is 32.2. The minimum atomic E-state index is 0.288. The zero-order valence-corrected chi connectivity index (χ0v) is 12.0. The van der Waals surface area contributed by atoms with Crippen molar-refractivity contribution in [1.82, 2.24) is 4.98 Å². The third kappa shape index (κ3) is 3.09. The Labute approximate surface area is 113 Å². The number of aromatic amines is 1. The Morgan fingerprint density at radius 2 is 2.06 bits per heavy atom. The highest BCUT2D eigenvalue weighted by molar-refractivity contribution is 7.99. The minimum absolute atomic E-state index is 0.288. The fraction of sp³-hybridized carbons (Fsp3) is 0.467. The van der Waals surface area contributed by atoms with Crippen LogP contribution in [0.3, 0.4) is 0 Å². The molecule has 0 aliphatic heterocycles. The van der Waals surface area contributed by atoms with E-state index in [4.69, 9.17) is 5.73 Å². The van der Waals surface area contributed by atoms with Gasteiger partial charge in [0.1, 0.15) is 0 Å². The number of fused-ring (bicyclic) bond motifs is 1. The number of H-pyrrole nitrogens is 1. The van der Waals surface area contributed by atoms with Gasteiger partial charge in [-0.2, -0.15) is 0 Å². The van der Waals surface area contributed by atoms with Crippen LogP contribution in [0.25, 0.3) is 10.9 Å². The van der Waals surface area contributed by atoms with Crippen LogP contribution >= 0.6 is 11.8 Å². The van der Waals surface area contributed by atoms with Crippen LogP contribution in [0.5, 0.6) is 0 Å². The van der Waals surface area contributed by atoms with Crippen LogP contribution in [0.4, 0.5) is 0 Å². The van der Waals surface area contributed by atoms with Crippen molar-refractivity contribution in [2.24, 2.45) is 5.73 Å². The van der Waals surface area contributed by atoms with Gasteiger partial charge in [-0.3, -0.25) is 0 Å². The number of thioether (sulfide) groups is 1. The summed E-state index contributed by atoms with van der Waals surface area (Å²) in [5, 5.41) is 3.01. The van der Waals surface area contributed by atoms with Crippen LogP contribution in [-0.2, 0) is 0 Å². The van der Waals surface area contributed by atoms with E-state index in [0.29, 0.717) is 5.25 Å². The Balaban J connectivity index is 2.11. The molecular weight excluding hydrogens is 240 g/mol. The van der Waals surface area contributed by atoms with E-state index in [0.717, 1.165) is 19.3 Å². The first-order valence-electron chi connectivity index (χ1n) is 6.74. The summed E-state index contributed by atoms with van der Waals surface area (Å²) in [5.74, 6) is 0. The monoisotopic (exact) mass is 262 g/mol. The molecular formula is C15H22N2S. The molecule has 0 radical (unpaired) electrons. The molecule has 1 heterocycles. The molecule has 2 aromatic rings. The molecule has 2 nitrogen and oxygen atoms in total. The van der Waals surface area contributed by atoms with Gasteiger partial charge in [0, 0.05) is 22.2 Å². The Kier molecular flexibility index (Phi) is 4.72. The molecule has 0 saturated carbocycles. The highest BCUT2D eigenvalue weighted by Crippen LogP contribution is 2.30. The summed E-state index contributed by atoms with van der Waals surface area (Å²) in [5.41, 5.74) is 7.45. The Hall–Kier alpha value is -0.930. The van der Waals surface area contributed by atoms with E-state index in [-0.39, 0.29) is 6.04 Å². The van der Waals surface area contributed by atoms with Crippen molar-refractivity contribution in [3.05, 3.63) is 30.3 Å². The predicted octanol–water partition coefficient (Wildman–Crippen LogP) is 4.17. The molecule has 1 aromatic heterocycles. The van der Waals surface area contributed by atoms with Gasteiger partial charge in [0.2, 0.25) is 0 Å². The lowest BCUT2D eigenvalue weighted by molar-refractivity contribution is 0.566. The van der Waals surface area contributed by atoms with Crippen LogP contribution in [0.15, 0.2) is 35.4 Å². The Morgan fingerprint density at radius 3 is 2.72 bits per heavy atom. The average molecular weight is 262 g/mol. The second kappa shape index (κ2) is 6.30. The van der Waals surface area contributed by atoms with Gasteiger partial charge in [-0.1, -0.05) is 38.5 Å². The van der Waals surface area contributed by atoms with Crippen LogP contribution in [0.2, 0.25) is 0 Å². The van der Waals surface area contributed by atoms with Crippen LogP contribution in [-0.4, -0.2) is 16.3 Å². The number of rotatable bonds is 6. The van der Waals surface area contributed by atoms with E-state index < -0.39 is 0 Å². The van der Waals surface area contributed by atoms with E-state index in [1.165, 1.54) is 15.9 Å². The lowest BCUT2D eigenvalue weighted by Gasteiger charge is -2.20. The van der Waals surface area contributed by atoms with Crippen LogP contribution in [0.1, 0.15) is 33.1 Å². The van der Waals surface area contributed by atoms with Gasteiger partial charge in [0.15, 0.2) is 0 Å².